The average molecular weight is 382 g/mol. The summed E-state index contributed by atoms with van der Waals surface area (Å²) in [7, 11) is 0. The van der Waals surface area contributed by atoms with Crippen molar-refractivity contribution in [2.24, 2.45) is 0 Å². The Morgan fingerprint density at radius 3 is 2.46 bits per heavy atom. The number of benzene rings is 1. The van der Waals surface area contributed by atoms with Crippen LogP contribution in [0.4, 0.5) is 0 Å². The van der Waals surface area contributed by atoms with Crippen LogP contribution in [0.1, 0.15) is 31.1 Å². The van der Waals surface area contributed by atoms with E-state index in [1.165, 1.54) is 34.9 Å². The number of thioether (sulfide) groups is 2. The van der Waals surface area contributed by atoms with Crippen molar-refractivity contribution in [3.05, 3.63) is 35.9 Å². The maximum absolute atomic E-state index is 12.1. The van der Waals surface area contributed by atoms with Crippen LogP contribution in [0.3, 0.4) is 0 Å². The Hall–Kier alpha value is -1.38. The Balaban J connectivity index is 1.85. The standard InChI is InChI=1S/C16H19N3O2S3/c1-10(2)17-14(21)11(3)23-16-19-18-15(24-16)22-9-13(20)12-7-5-4-6-8-12/h4-8,10-11H,9H2,1-3H3,(H,17,21)/t11-/m0/s1. The second-order valence-corrected chi connectivity index (χ2v) is 9.12. The van der Waals surface area contributed by atoms with Crippen molar-refractivity contribution in [1.82, 2.24) is 15.5 Å². The van der Waals surface area contributed by atoms with Gasteiger partial charge in [0.2, 0.25) is 5.91 Å². The van der Waals surface area contributed by atoms with Crippen LogP contribution in [0.15, 0.2) is 39.0 Å². The Bertz CT molecular complexity index is 689. The molecule has 0 saturated heterocycles. The fraction of sp³-hybridized carbons (Fsp3) is 0.375. The van der Waals surface area contributed by atoms with Gasteiger partial charge < -0.3 is 5.32 Å². The smallest absolute Gasteiger partial charge is 0.233 e. The number of rotatable bonds is 8. The lowest BCUT2D eigenvalue weighted by molar-refractivity contribution is -0.120. The van der Waals surface area contributed by atoms with E-state index in [0.717, 1.165) is 8.68 Å². The molecule has 1 aromatic carbocycles. The van der Waals surface area contributed by atoms with Crippen LogP contribution in [-0.2, 0) is 4.79 Å². The molecule has 1 amide bonds. The van der Waals surface area contributed by atoms with Gasteiger partial charge in [-0.2, -0.15) is 0 Å². The molecule has 24 heavy (non-hydrogen) atoms. The van der Waals surface area contributed by atoms with Gasteiger partial charge in [0.25, 0.3) is 0 Å². The fourth-order valence-corrected chi connectivity index (χ4v) is 4.81. The summed E-state index contributed by atoms with van der Waals surface area (Å²) in [4.78, 5) is 24.0. The number of ketones is 1. The molecule has 1 aromatic heterocycles. The molecule has 0 spiro atoms. The molecule has 5 nitrogen and oxygen atoms in total. The van der Waals surface area contributed by atoms with Crippen molar-refractivity contribution < 1.29 is 9.59 Å². The molecule has 128 valence electrons. The first-order valence-corrected chi connectivity index (χ1v) is 10.2. The van der Waals surface area contributed by atoms with E-state index >= 15 is 0 Å². The predicted octanol–water partition coefficient (Wildman–Crippen LogP) is 3.52. The number of hydrogen-bond donors (Lipinski definition) is 1. The van der Waals surface area contributed by atoms with Crippen LogP contribution in [0, 0.1) is 0 Å². The largest absolute Gasteiger partial charge is 0.353 e. The molecule has 0 radical (unpaired) electrons. The van der Waals surface area contributed by atoms with Gasteiger partial charge in [0, 0.05) is 11.6 Å². The minimum Gasteiger partial charge on any atom is -0.353 e. The summed E-state index contributed by atoms with van der Waals surface area (Å²) < 4.78 is 1.47. The SMILES string of the molecule is CC(C)NC(=O)[C@H](C)Sc1nnc(SCC(=O)c2ccccc2)s1. The summed E-state index contributed by atoms with van der Waals surface area (Å²) in [5.74, 6) is 0.375. The number of Topliss-reactive ketones (excluding diaryl/α,β-unsaturated/α-hetero) is 1. The van der Waals surface area contributed by atoms with Crippen LogP contribution < -0.4 is 5.32 Å². The van der Waals surface area contributed by atoms with Gasteiger partial charge in [-0.05, 0) is 20.8 Å². The molecule has 0 aliphatic carbocycles. The maximum Gasteiger partial charge on any atom is 0.233 e. The molecule has 2 rings (SSSR count). The number of amides is 1. The summed E-state index contributed by atoms with van der Waals surface area (Å²) in [5, 5.41) is 10.8. The molecular weight excluding hydrogens is 362 g/mol. The maximum atomic E-state index is 12.1. The molecular formula is C16H19N3O2S3. The van der Waals surface area contributed by atoms with Crippen LogP contribution in [0.5, 0.6) is 0 Å². The highest BCUT2D eigenvalue weighted by Crippen LogP contribution is 2.31. The summed E-state index contributed by atoms with van der Waals surface area (Å²) in [6.45, 7) is 5.70. The summed E-state index contributed by atoms with van der Waals surface area (Å²) in [6, 6.07) is 9.31. The molecule has 0 aliphatic heterocycles. The van der Waals surface area contributed by atoms with Crippen molar-refractivity contribution in [1.29, 1.82) is 0 Å². The van der Waals surface area contributed by atoms with Crippen LogP contribution in [-0.4, -0.2) is 38.9 Å². The minimum atomic E-state index is -0.232. The zero-order chi connectivity index (χ0) is 17.5. The summed E-state index contributed by atoms with van der Waals surface area (Å²) >= 11 is 4.16. The third kappa shape index (κ3) is 5.92. The van der Waals surface area contributed by atoms with E-state index in [1.54, 1.807) is 12.1 Å². The third-order valence-corrected chi connectivity index (χ3v) is 6.13. The first-order chi connectivity index (χ1) is 11.5. The van der Waals surface area contributed by atoms with E-state index in [1.807, 2.05) is 39.0 Å². The normalized spacial score (nSPS) is 12.2. The molecule has 0 unspecified atom stereocenters. The molecule has 1 heterocycles. The second kappa shape index (κ2) is 9.19. The zero-order valence-electron chi connectivity index (χ0n) is 13.7. The van der Waals surface area contributed by atoms with E-state index in [4.69, 9.17) is 0 Å². The van der Waals surface area contributed by atoms with Gasteiger partial charge in [0.1, 0.15) is 0 Å². The Morgan fingerprint density at radius 2 is 1.79 bits per heavy atom. The Morgan fingerprint density at radius 1 is 1.12 bits per heavy atom. The van der Waals surface area contributed by atoms with Gasteiger partial charge in [-0.25, -0.2) is 0 Å². The highest BCUT2D eigenvalue weighted by molar-refractivity contribution is 8.04. The topological polar surface area (TPSA) is 72.0 Å². The molecule has 0 saturated carbocycles. The summed E-state index contributed by atoms with van der Waals surface area (Å²) in [5.41, 5.74) is 0.697. The first-order valence-electron chi connectivity index (χ1n) is 7.47. The molecule has 1 N–H and O–H groups in total. The van der Waals surface area contributed by atoms with E-state index in [-0.39, 0.29) is 23.0 Å². The average Bonchev–Trinajstić information content (AvgIpc) is 3.00. The molecule has 0 aliphatic rings. The number of carbonyl (C=O) groups excluding carboxylic acids is 2. The first kappa shape index (κ1) is 19.0. The Kier molecular flexibility index (Phi) is 7.26. The molecule has 2 aromatic rings. The lowest BCUT2D eigenvalue weighted by atomic mass is 10.2. The van der Waals surface area contributed by atoms with Crippen molar-refractivity contribution >= 4 is 46.6 Å². The van der Waals surface area contributed by atoms with E-state index in [9.17, 15) is 9.59 Å². The van der Waals surface area contributed by atoms with Gasteiger partial charge in [0.05, 0.1) is 11.0 Å². The van der Waals surface area contributed by atoms with Gasteiger partial charge >= 0.3 is 0 Å². The lowest BCUT2D eigenvalue weighted by Crippen LogP contribution is -2.35. The number of carbonyl (C=O) groups is 2. The van der Waals surface area contributed by atoms with Gasteiger partial charge in [-0.1, -0.05) is 65.2 Å². The fourth-order valence-electron chi connectivity index (χ4n) is 1.74. The molecule has 8 heteroatoms. The van der Waals surface area contributed by atoms with E-state index < -0.39 is 0 Å². The monoisotopic (exact) mass is 381 g/mol. The molecule has 0 fully saturated rings. The highest BCUT2D eigenvalue weighted by atomic mass is 32.2. The van der Waals surface area contributed by atoms with Gasteiger partial charge in [0.15, 0.2) is 14.5 Å². The quantitative estimate of drug-likeness (QED) is 0.557. The number of aromatic nitrogens is 2. The van der Waals surface area contributed by atoms with Crippen molar-refractivity contribution in [2.75, 3.05) is 5.75 Å². The molecule has 1 atom stereocenters. The van der Waals surface area contributed by atoms with E-state index in [2.05, 4.69) is 15.5 Å². The van der Waals surface area contributed by atoms with Crippen molar-refractivity contribution in [2.45, 2.75) is 40.7 Å². The zero-order valence-corrected chi connectivity index (χ0v) is 16.1. The lowest BCUT2D eigenvalue weighted by Gasteiger charge is -2.12. The number of nitrogens with zero attached hydrogens (tertiary/aromatic N) is 2. The van der Waals surface area contributed by atoms with Gasteiger partial charge in [-0.15, -0.1) is 10.2 Å². The summed E-state index contributed by atoms with van der Waals surface area (Å²) in [6.07, 6.45) is 0. The van der Waals surface area contributed by atoms with Crippen molar-refractivity contribution in [3.63, 3.8) is 0 Å². The van der Waals surface area contributed by atoms with E-state index in [0.29, 0.717) is 11.3 Å². The second-order valence-electron chi connectivity index (χ2n) is 5.34. The minimum absolute atomic E-state index is 0.0151. The molecule has 0 bridgehead atoms. The highest BCUT2D eigenvalue weighted by Gasteiger charge is 2.18. The number of hydrogen-bond acceptors (Lipinski definition) is 7. The van der Waals surface area contributed by atoms with Gasteiger partial charge in [-0.3, -0.25) is 9.59 Å². The van der Waals surface area contributed by atoms with Crippen LogP contribution in [0.25, 0.3) is 0 Å². The number of nitrogens with one attached hydrogen (secondary N) is 1. The van der Waals surface area contributed by atoms with Crippen molar-refractivity contribution in [3.8, 4) is 0 Å². The van der Waals surface area contributed by atoms with Crippen LogP contribution >= 0.6 is 34.9 Å². The Labute approximate surface area is 154 Å². The predicted molar refractivity (Wildman–Crippen MR) is 100 cm³/mol. The van der Waals surface area contributed by atoms with Crippen LogP contribution in [0.2, 0.25) is 0 Å². The third-order valence-electron chi connectivity index (χ3n) is 2.89.